The first-order valence-electron chi connectivity index (χ1n) is 9.36. The van der Waals surface area contributed by atoms with Crippen LogP contribution >= 0.6 is 22.9 Å². The van der Waals surface area contributed by atoms with E-state index >= 15 is 0 Å². The maximum absolute atomic E-state index is 12.9. The van der Waals surface area contributed by atoms with Crippen LogP contribution in [0.5, 0.6) is 5.75 Å². The highest BCUT2D eigenvalue weighted by Crippen LogP contribution is 2.31. The first-order valence-corrected chi connectivity index (χ1v) is 10.6. The van der Waals surface area contributed by atoms with E-state index in [1.807, 2.05) is 4.90 Å². The van der Waals surface area contributed by atoms with Gasteiger partial charge in [0.25, 0.3) is 5.91 Å². The van der Waals surface area contributed by atoms with Crippen molar-refractivity contribution in [1.82, 2.24) is 9.88 Å². The first-order chi connectivity index (χ1) is 13.6. The number of benzene rings is 2. The summed E-state index contributed by atoms with van der Waals surface area (Å²) in [7, 11) is 1.56. The molecule has 0 N–H and O–H groups in total. The summed E-state index contributed by atoms with van der Waals surface area (Å²) in [5, 5.41) is 1.55. The summed E-state index contributed by atoms with van der Waals surface area (Å²) in [4.78, 5) is 21.8. The van der Waals surface area contributed by atoms with Crippen molar-refractivity contribution >= 4 is 44.2 Å². The third-order valence-corrected chi connectivity index (χ3v) is 6.39. The molecular weight excluding hydrogens is 394 g/mol. The first kappa shape index (κ1) is 19.0. The summed E-state index contributed by atoms with van der Waals surface area (Å²) in [6, 6.07) is 11.6. The number of aromatic nitrogens is 1. The fraction of sp³-hybridized carbons (Fsp3) is 0.333. The summed E-state index contributed by atoms with van der Waals surface area (Å²) in [6.45, 7) is 4.97. The molecule has 0 bridgehead atoms. The Bertz CT molecular complexity index is 1010. The van der Waals surface area contributed by atoms with E-state index in [9.17, 15) is 4.79 Å². The fourth-order valence-electron chi connectivity index (χ4n) is 3.43. The molecule has 0 atom stereocenters. The molecule has 0 radical (unpaired) electrons. The molecule has 1 aliphatic heterocycles. The minimum absolute atomic E-state index is 0.0455. The normalized spacial score (nSPS) is 14.5. The van der Waals surface area contributed by atoms with Gasteiger partial charge >= 0.3 is 0 Å². The predicted molar refractivity (Wildman–Crippen MR) is 115 cm³/mol. The molecule has 1 aromatic heterocycles. The van der Waals surface area contributed by atoms with E-state index in [-0.39, 0.29) is 5.91 Å². The molecule has 1 aliphatic rings. The van der Waals surface area contributed by atoms with E-state index < -0.39 is 0 Å². The minimum atomic E-state index is -0.0455. The number of anilines is 1. The number of methoxy groups -OCH3 is 1. The molecule has 0 saturated carbocycles. The summed E-state index contributed by atoms with van der Waals surface area (Å²) >= 11 is 7.80. The molecular formula is C21H22ClN3O2S. The Morgan fingerprint density at radius 3 is 2.68 bits per heavy atom. The second-order valence-electron chi connectivity index (χ2n) is 6.78. The van der Waals surface area contributed by atoms with E-state index in [1.54, 1.807) is 36.6 Å². The van der Waals surface area contributed by atoms with Crippen LogP contribution in [0.1, 0.15) is 22.8 Å². The molecule has 2 aromatic carbocycles. The standard InChI is InChI=1S/C21H22ClN3O2S/c1-3-14-4-6-17-19(12-14)28-21(23-17)25-10-8-24(9-11-25)20(26)16-13-15(22)5-7-18(16)27-2/h4-7,12-13H,3,8-11H2,1-2H3. The van der Waals surface area contributed by atoms with Crippen LogP contribution in [0.4, 0.5) is 5.13 Å². The van der Waals surface area contributed by atoms with Crippen molar-refractivity contribution in [2.75, 3.05) is 38.2 Å². The van der Waals surface area contributed by atoms with E-state index in [4.69, 9.17) is 21.3 Å². The molecule has 146 valence electrons. The number of hydrogen-bond acceptors (Lipinski definition) is 5. The Morgan fingerprint density at radius 2 is 1.96 bits per heavy atom. The van der Waals surface area contributed by atoms with Crippen molar-refractivity contribution in [3.8, 4) is 5.75 Å². The summed E-state index contributed by atoms with van der Waals surface area (Å²) in [5.41, 5.74) is 2.88. The lowest BCUT2D eigenvalue weighted by Crippen LogP contribution is -2.48. The molecule has 2 heterocycles. The number of amides is 1. The summed E-state index contributed by atoms with van der Waals surface area (Å²) < 4.78 is 6.55. The average Bonchev–Trinajstić information content (AvgIpc) is 3.16. The van der Waals surface area contributed by atoms with Crippen LogP contribution in [0, 0.1) is 0 Å². The van der Waals surface area contributed by atoms with Gasteiger partial charge in [-0.3, -0.25) is 4.79 Å². The number of hydrogen-bond donors (Lipinski definition) is 0. The van der Waals surface area contributed by atoms with Crippen LogP contribution in [0.2, 0.25) is 5.02 Å². The number of carbonyl (C=O) groups is 1. The van der Waals surface area contributed by atoms with Gasteiger partial charge in [0.2, 0.25) is 0 Å². The number of thiazole rings is 1. The Morgan fingerprint density at radius 1 is 1.18 bits per heavy atom. The number of ether oxygens (including phenoxy) is 1. The topological polar surface area (TPSA) is 45.7 Å². The van der Waals surface area contributed by atoms with Gasteiger partial charge in [-0.15, -0.1) is 0 Å². The van der Waals surface area contributed by atoms with Gasteiger partial charge in [-0.25, -0.2) is 4.98 Å². The molecule has 1 amide bonds. The number of nitrogens with zero attached hydrogens (tertiary/aromatic N) is 3. The molecule has 7 heteroatoms. The Hall–Kier alpha value is -2.31. The Kier molecular flexibility index (Phi) is 5.42. The van der Waals surface area contributed by atoms with Crippen molar-refractivity contribution < 1.29 is 9.53 Å². The summed E-state index contributed by atoms with van der Waals surface area (Å²) in [5.74, 6) is 0.505. The molecule has 0 unspecified atom stereocenters. The van der Waals surface area contributed by atoms with Gasteiger partial charge < -0.3 is 14.5 Å². The van der Waals surface area contributed by atoms with Crippen LogP contribution in [0.25, 0.3) is 10.2 Å². The van der Waals surface area contributed by atoms with Crippen molar-refractivity contribution in [2.24, 2.45) is 0 Å². The second-order valence-corrected chi connectivity index (χ2v) is 8.22. The van der Waals surface area contributed by atoms with Gasteiger partial charge in [-0.05, 0) is 42.3 Å². The van der Waals surface area contributed by atoms with Crippen LogP contribution in [-0.2, 0) is 6.42 Å². The third kappa shape index (κ3) is 3.66. The number of halogens is 1. The lowest BCUT2D eigenvalue weighted by Gasteiger charge is -2.34. The molecule has 3 aromatic rings. The van der Waals surface area contributed by atoms with Crippen molar-refractivity contribution in [1.29, 1.82) is 0 Å². The number of fused-ring (bicyclic) bond motifs is 1. The van der Waals surface area contributed by atoms with Gasteiger partial charge in [0.1, 0.15) is 5.75 Å². The maximum Gasteiger partial charge on any atom is 0.257 e. The zero-order valence-corrected chi connectivity index (χ0v) is 17.5. The van der Waals surface area contributed by atoms with E-state index in [0.717, 1.165) is 30.2 Å². The minimum Gasteiger partial charge on any atom is -0.496 e. The number of rotatable bonds is 4. The smallest absolute Gasteiger partial charge is 0.257 e. The fourth-order valence-corrected chi connectivity index (χ4v) is 4.68. The van der Waals surface area contributed by atoms with E-state index in [2.05, 4.69) is 30.0 Å². The van der Waals surface area contributed by atoms with Crippen LogP contribution in [0.15, 0.2) is 36.4 Å². The van der Waals surface area contributed by atoms with Crippen LogP contribution in [0.3, 0.4) is 0 Å². The molecule has 28 heavy (non-hydrogen) atoms. The third-order valence-electron chi connectivity index (χ3n) is 5.08. The number of aryl methyl sites for hydroxylation is 1. The van der Waals surface area contributed by atoms with Gasteiger partial charge in [-0.2, -0.15) is 0 Å². The van der Waals surface area contributed by atoms with Crippen LogP contribution in [-0.4, -0.2) is 49.1 Å². The number of piperazine rings is 1. The molecule has 1 fully saturated rings. The van der Waals surface area contributed by atoms with Gasteiger partial charge in [0.15, 0.2) is 5.13 Å². The van der Waals surface area contributed by atoms with E-state index in [1.165, 1.54) is 10.3 Å². The van der Waals surface area contributed by atoms with Crippen LogP contribution < -0.4 is 9.64 Å². The lowest BCUT2D eigenvalue weighted by molar-refractivity contribution is 0.0743. The molecule has 0 aliphatic carbocycles. The van der Waals surface area contributed by atoms with Gasteiger partial charge in [0.05, 0.1) is 22.9 Å². The predicted octanol–water partition coefficient (Wildman–Crippen LogP) is 4.48. The summed E-state index contributed by atoms with van der Waals surface area (Å²) in [6.07, 6.45) is 1.02. The van der Waals surface area contributed by atoms with Crippen molar-refractivity contribution in [2.45, 2.75) is 13.3 Å². The maximum atomic E-state index is 12.9. The zero-order chi connectivity index (χ0) is 19.7. The molecule has 4 rings (SSSR count). The second kappa shape index (κ2) is 7.97. The highest BCUT2D eigenvalue weighted by molar-refractivity contribution is 7.22. The number of carbonyl (C=O) groups excluding carboxylic acids is 1. The highest BCUT2D eigenvalue weighted by atomic mass is 35.5. The quantitative estimate of drug-likeness (QED) is 0.630. The molecule has 5 nitrogen and oxygen atoms in total. The van der Waals surface area contributed by atoms with Gasteiger partial charge in [-0.1, -0.05) is 35.9 Å². The molecule has 0 spiro atoms. The average molecular weight is 416 g/mol. The highest BCUT2D eigenvalue weighted by Gasteiger charge is 2.26. The lowest BCUT2D eigenvalue weighted by atomic mass is 10.1. The van der Waals surface area contributed by atoms with Gasteiger partial charge in [0, 0.05) is 31.2 Å². The van der Waals surface area contributed by atoms with Crippen molar-refractivity contribution in [3.63, 3.8) is 0 Å². The molecule has 1 saturated heterocycles. The SMILES string of the molecule is CCc1ccc2nc(N3CCN(C(=O)c4cc(Cl)ccc4OC)CC3)sc2c1. The Labute approximate surface area is 173 Å². The Balaban J connectivity index is 1.47. The van der Waals surface area contributed by atoms with Crippen molar-refractivity contribution in [3.05, 3.63) is 52.5 Å². The van der Waals surface area contributed by atoms with E-state index in [0.29, 0.717) is 29.4 Å². The monoisotopic (exact) mass is 415 g/mol. The zero-order valence-electron chi connectivity index (χ0n) is 15.9. The largest absolute Gasteiger partial charge is 0.496 e.